The molecule has 5 nitrogen and oxygen atoms in total. The van der Waals surface area contributed by atoms with Crippen LogP contribution in [0.5, 0.6) is 0 Å². The van der Waals surface area contributed by atoms with E-state index in [9.17, 15) is 13.2 Å². The van der Waals surface area contributed by atoms with Gasteiger partial charge in [0.1, 0.15) is 0 Å². The van der Waals surface area contributed by atoms with Gasteiger partial charge in [0.2, 0.25) is 0 Å². The third-order valence-electron chi connectivity index (χ3n) is 2.57. The molecule has 1 aromatic rings. The molecule has 0 spiro atoms. The van der Waals surface area contributed by atoms with E-state index in [1.54, 1.807) is 24.3 Å². The molecule has 1 amide bonds. The van der Waals surface area contributed by atoms with Crippen molar-refractivity contribution in [3.8, 4) is 0 Å². The van der Waals surface area contributed by atoms with Gasteiger partial charge < -0.3 is 10.4 Å². The van der Waals surface area contributed by atoms with Crippen molar-refractivity contribution < 1.29 is 18.3 Å². The average molecular weight is 285 g/mol. The van der Waals surface area contributed by atoms with Crippen LogP contribution in [0, 0.1) is 5.92 Å². The van der Waals surface area contributed by atoms with Gasteiger partial charge in [-0.2, -0.15) is 0 Å². The number of aliphatic hydroxyl groups is 1. The van der Waals surface area contributed by atoms with Crippen molar-refractivity contribution in [2.75, 3.05) is 19.4 Å². The first kappa shape index (κ1) is 15.7. The summed E-state index contributed by atoms with van der Waals surface area (Å²) < 4.78 is 22.3. The van der Waals surface area contributed by atoms with Crippen molar-refractivity contribution in [3.63, 3.8) is 0 Å². The van der Waals surface area contributed by atoms with Crippen molar-refractivity contribution in [2.45, 2.75) is 12.7 Å². The van der Waals surface area contributed by atoms with Gasteiger partial charge in [0.15, 0.2) is 9.84 Å². The van der Waals surface area contributed by atoms with Gasteiger partial charge in [-0.3, -0.25) is 4.79 Å². The van der Waals surface area contributed by atoms with Crippen LogP contribution in [0.1, 0.15) is 22.8 Å². The van der Waals surface area contributed by atoms with E-state index in [1.165, 1.54) is 6.26 Å². The fourth-order valence-electron chi connectivity index (χ4n) is 1.49. The largest absolute Gasteiger partial charge is 0.396 e. The summed E-state index contributed by atoms with van der Waals surface area (Å²) in [5, 5.41) is 11.6. The monoisotopic (exact) mass is 285 g/mol. The molecule has 0 aliphatic carbocycles. The summed E-state index contributed by atoms with van der Waals surface area (Å²) in [6.07, 6.45) is 1.17. The fraction of sp³-hybridized carbons (Fsp3) is 0.462. The van der Waals surface area contributed by atoms with E-state index in [0.717, 1.165) is 0 Å². The minimum absolute atomic E-state index is 0.00783. The van der Waals surface area contributed by atoms with Crippen LogP contribution in [-0.4, -0.2) is 38.8 Å². The van der Waals surface area contributed by atoms with Crippen LogP contribution in [0.4, 0.5) is 0 Å². The van der Waals surface area contributed by atoms with Gasteiger partial charge in [-0.25, -0.2) is 8.42 Å². The molecule has 0 bridgehead atoms. The van der Waals surface area contributed by atoms with Crippen LogP contribution in [0.3, 0.4) is 0 Å². The topological polar surface area (TPSA) is 83.5 Å². The number of benzene rings is 1. The third-order valence-corrected chi connectivity index (χ3v) is 3.43. The summed E-state index contributed by atoms with van der Waals surface area (Å²) in [6, 6.07) is 6.45. The Balaban J connectivity index is 2.63. The Bertz CT molecular complexity index is 522. The predicted octanol–water partition coefficient (Wildman–Crippen LogP) is 0.589. The van der Waals surface area contributed by atoms with E-state index in [4.69, 9.17) is 5.11 Å². The molecule has 1 aromatic carbocycles. The number of amides is 1. The number of hydrogen-bond acceptors (Lipinski definition) is 4. The lowest BCUT2D eigenvalue weighted by Gasteiger charge is -2.09. The van der Waals surface area contributed by atoms with Crippen molar-refractivity contribution in [1.82, 2.24) is 5.32 Å². The molecule has 0 aliphatic heterocycles. The molecule has 0 fully saturated rings. The number of hydrogen-bond donors (Lipinski definition) is 2. The molecule has 1 unspecified atom stereocenters. The zero-order valence-corrected chi connectivity index (χ0v) is 11.9. The van der Waals surface area contributed by atoms with Gasteiger partial charge in [-0.1, -0.05) is 19.1 Å². The summed E-state index contributed by atoms with van der Waals surface area (Å²) in [6.45, 7) is 2.25. The van der Waals surface area contributed by atoms with Gasteiger partial charge in [0.05, 0.1) is 5.75 Å². The minimum Gasteiger partial charge on any atom is -0.396 e. The second-order valence-corrected chi connectivity index (χ2v) is 6.90. The number of carbonyl (C=O) groups is 1. The molecule has 19 heavy (non-hydrogen) atoms. The van der Waals surface area contributed by atoms with Gasteiger partial charge in [-0.05, 0) is 23.6 Å². The van der Waals surface area contributed by atoms with E-state index in [0.29, 0.717) is 17.7 Å². The lowest BCUT2D eigenvalue weighted by molar-refractivity contribution is 0.0942. The lowest BCUT2D eigenvalue weighted by Crippen LogP contribution is -2.29. The smallest absolute Gasteiger partial charge is 0.251 e. The van der Waals surface area contributed by atoms with Crippen LogP contribution in [0.25, 0.3) is 0 Å². The number of sulfone groups is 1. The fourth-order valence-corrected chi connectivity index (χ4v) is 2.29. The van der Waals surface area contributed by atoms with E-state index in [1.807, 2.05) is 6.92 Å². The Morgan fingerprint density at radius 2 is 1.89 bits per heavy atom. The maximum atomic E-state index is 11.8. The third kappa shape index (κ3) is 5.85. The highest BCUT2D eigenvalue weighted by Gasteiger charge is 2.09. The molecule has 106 valence electrons. The molecule has 0 heterocycles. The maximum absolute atomic E-state index is 11.8. The van der Waals surface area contributed by atoms with Crippen LogP contribution >= 0.6 is 0 Å². The van der Waals surface area contributed by atoms with E-state index < -0.39 is 9.84 Å². The van der Waals surface area contributed by atoms with Gasteiger partial charge in [0, 0.05) is 25.0 Å². The van der Waals surface area contributed by atoms with Crippen molar-refractivity contribution >= 4 is 15.7 Å². The zero-order valence-electron chi connectivity index (χ0n) is 11.1. The summed E-state index contributed by atoms with van der Waals surface area (Å²) in [7, 11) is -3.06. The van der Waals surface area contributed by atoms with Crippen molar-refractivity contribution in [2.24, 2.45) is 5.92 Å². The minimum atomic E-state index is -3.06. The molecule has 2 N–H and O–H groups in total. The molecular weight excluding hydrogens is 266 g/mol. The molecular formula is C13H19NO4S. The first-order valence-electron chi connectivity index (χ1n) is 5.97. The van der Waals surface area contributed by atoms with Crippen LogP contribution < -0.4 is 5.32 Å². The SMILES string of the molecule is CC(CO)CNC(=O)c1ccc(CS(C)(=O)=O)cc1. The van der Waals surface area contributed by atoms with Crippen LogP contribution in [0.2, 0.25) is 0 Å². The highest BCUT2D eigenvalue weighted by molar-refractivity contribution is 7.89. The lowest BCUT2D eigenvalue weighted by atomic mass is 10.1. The number of nitrogens with one attached hydrogen (secondary N) is 1. The molecule has 0 aliphatic rings. The van der Waals surface area contributed by atoms with Gasteiger partial charge in [0.25, 0.3) is 5.91 Å². The summed E-state index contributed by atoms with van der Waals surface area (Å²) in [5.74, 6) is -0.254. The standard InChI is InChI=1S/C13H19NO4S/c1-10(8-15)7-14-13(16)12-5-3-11(4-6-12)9-19(2,17)18/h3-6,10,15H,7-9H2,1-2H3,(H,14,16). The maximum Gasteiger partial charge on any atom is 0.251 e. The second kappa shape index (κ2) is 6.68. The molecule has 6 heteroatoms. The summed E-state index contributed by atoms with van der Waals surface area (Å²) >= 11 is 0. The van der Waals surface area contributed by atoms with Gasteiger partial charge >= 0.3 is 0 Å². The van der Waals surface area contributed by atoms with Crippen LogP contribution in [-0.2, 0) is 15.6 Å². The predicted molar refractivity (Wildman–Crippen MR) is 73.6 cm³/mol. The zero-order chi connectivity index (χ0) is 14.5. The number of aliphatic hydroxyl groups excluding tert-OH is 1. The highest BCUT2D eigenvalue weighted by atomic mass is 32.2. The average Bonchev–Trinajstić information content (AvgIpc) is 2.34. The van der Waals surface area contributed by atoms with Crippen LogP contribution in [0.15, 0.2) is 24.3 Å². The summed E-state index contributed by atoms with van der Waals surface area (Å²) in [4.78, 5) is 11.8. The summed E-state index contributed by atoms with van der Waals surface area (Å²) in [5.41, 5.74) is 1.13. The van der Waals surface area contributed by atoms with Crippen molar-refractivity contribution in [3.05, 3.63) is 35.4 Å². The Morgan fingerprint density at radius 1 is 1.32 bits per heavy atom. The molecule has 1 atom stereocenters. The van der Waals surface area contributed by atoms with E-state index >= 15 is 0 Å². The molecule has 0 saturated carbocycles. The molecule has 0 radical (unpaired) electrons. The normalized spacial score (nSPS) is 13.0. The Hall–Kier alpha value is -1.40. The Kier molecular flexibility index (Phi) is 5.50. The number of carbonyl (C=O) groups excluding carboxylic acids is 1. The second-order valence-electron chi connectivity index (χ2n) is 4.76. The quantitative estimate of drug-likeness (QED) is 0.801. The van der Waals surface area contributed by atoms with E-state index in [-0.39, 0.29) is 24.2 Å². The molecule has 1 rings (SSSR count). The molecule has 0 saturated heterocycles. The highest BCUT2D eigenvalue weighted by Crippen LogP contribution is 2.08. The molecule has 0 aromatic heterocycles. The first-order valence-corrected chi connectivity index (χ1v) is 8.03. The Morgan fingerprint density at radius 3 is 2.37 bits per heavy atom. The Labute approximate surface area is 113 Å². The van der Waals surface area contributed by atoms with Gasteiger partial charge in [-0.15, -0.1) is 0 Å². The first-order chi connectivity index (χ1) is 8.81. The number of rotatable bonds is 6. The van der Waals surface area contributed by atoms with Crippen molar-refractivity contribution in [1.29, 1.82) is 0 Å². The van der Waals surface area contributed by atoms with E-state index in [2.05, 4.69) is 5.32 Å².